The summed E-state index contributed by atoms with van der Waals surface area (Å²) in [5.41, 5.74) is 9.04. The van der Waals surface area contributed by atoms with Crippen LogP contribution in [0.25, 0.3) is 0 Å². The summed E-state index contributed by atoms with van der Waals surface area (Å²) in [6, 6.07) is 8.63. The molecule has 88 valence electrons. The quantitative estimate of drug-likeness (QED) is 0.827. The van der Waals surface area contributed by atoms with Gasteiger partial charge in [0.2, 0.25) is 0 Å². The molecule has 1 aliphatic rings. The predicted molar refractivity (Wildman–Crippen MR) is 69.7 cm³/mol. The summed E-state index contributed by atoms with van der Waals surface area (Å²) < 4.78 is 0. The van der Waals surface area contributed by atoms with Crippen molar-refractivity contribution in [2.45, 2.75) is 33.2 Å². The molecule has 2 nitrogen and oxygen atoms in total. The van der Waals surface area contributed by atoms with E-state index in [0.29, 0.717) is 5.41 Å². The molecule has 0 radical (unpaired) electrons. The molecule has 1 aromatic carbocycles. The average Bonchev–Trinajstić information content (AvgIpc) is 2.59. The van der Waals surface area contributed by atoms with Gasteiger partial charge >= 0.3 is 0 Å². The van der Waals surface area contributed by atoms with Gasteiger partial charge in [-0.25, -0.2) is 0 Å². The zero-order valence-electron chi connectivity index (χ0n) is 10.5. The van der Waals surface area contributed by atoms with E-state index in [1.54, 1.807) is 0 Å². The van der Waals surface area contributed by atoms with Gasteiger partial charge in [0.15, 0.2) is 0 Å². The third-order valence-electron chi connectivity index (χ3n) is 3.45. The highest BCUT2D eigenvalue weighted by Gasteiger charge is 2.30. The van der Waals surface area contributed by atoms with Gasteiger partial charge in [0.25, 0.3) is 0 Å². The Labute approximate surface area is 98.4 Å². The number of hydrogen-bond acceptors (Lipinski definition) is 2. The molecule has 0 bridgehead atoms. The molecule has 1 fully saturated rings. The minimum Gasteiger partial charge on any atom is -0.371 e. The Hall–Kier alpha value is -1.02. The van der Waals surface area contributed by atoms with E-state index in [9.17, 15) is 0 Å². The first kappa shape index (κ1) is 11.5. The fraction of sp³-hybridized carbons (Fsp3) is 0.571. The second-order valence-electron chi connectivity index (χ2n) is 5.68. The zero-order valence-corrected chi connectivity index (χ0v) is 10.5. The summed E-state index contributed by atoms with van der Waals surface area (Å²) in [7, 11) is 0. The van der Waals surface area contributed by atoms with Crippen LogP contribution in [-0.4, -0.2) is 13.1 Å². The summed E-state index contributed by atoms with van der Waals surface area (Å²) in [4.78, 5) is 2.47. The van der Waals surface area contributed by atoms with Gasteiger partial charge in [-0.15, -0.1) is 0 Å². The minimum absolute atomic E-state index is 0.111. The highest BCUT2D eigenvalue weighted by atomic mass is 15.2. The molecule has 1 aromatic rings. The normalized spacial score (nSPS) is 21.1. The number of para-hydroxylation sites is 1. The van der Waals surface area contributed by atoms with Crippen LogP contribution in [0.1, 0.15) is 38.8 Å². The van der Waals surface area contributed by atoms with E-state index < -0.39 is 0 Å². The molecule has 1 aliphatic heterocycles. The summed E-state index contributed by atoms with van der Waals surface area (Å²) in [5, 5.41) is 0. The van der Waals surface area contributed by atoms with Gasteiger partial charge in [0, 0.05) is 24.8 Å². The number of nitrogens with zero attached hydrogens (tertiary/aromatic N) is 1. The topological polar surface area (TPSA) is 29.3 Å². The monoisotopic (exact) mass is 218 g/mol. The number of benzene rings is 1. The first-order valence-corrected chi connectivity index (χ1v) is 6.09. The van der Waals surface area contributed by atoms with Gasteiger partial charge < -0.3 is 10.6 Å². The molecule has 0 aromatic heterocycles. The molecule has 0 aliphatic carbocycles. The van der Waals surface area contributed by atoms with Gasteiger partial charge in [0.1, 0.15) is 0 Å². The lowest BCUT2D eigenvalue weighted by atomic mass is 9.93. The van der Waals surface area contributed by atoms with Crippen LogP contribution in [0.4, 0.5) is 5.69 Å². The van der Waals surface area contributed by atoms with Gasteiger partial charge in [0.05, 0.1) is 0 Å². The van der Waals surface area contributed by atoms with E-state index in [-0.39, 0.29) is 6.04 Å². The van der Waals surface area contributed by atoms with E-state index in [2.05, 4.69) is 49.9 Å². The summed E-state index contributed by atoms with van der Waals surface area (Å²) in [6.45, 7) is 9.01. The van der Waals surface area contributed by atoms with Crippen molar-refractivity contribution in [2.75, 3.05) is 18.0 Å². The third-order valence-corrected chi connectivity index (χ3v) is 3.45. The second kappa shape index (κ2) is 4.10. The van der Waals surface area contributed by atoms with Crippen molar-refractivity contribution in [3.05, 3.63) is 29.8 Å². The Morgan fingerprint density at radius 2 is 2.00 bits per heavy atom. The molecule has 1 unspecified atom stereocenters. The molecular weight excluding hydrogens is 196 g/mol. The summed E-state index contributed by atoms with van der Waals surface area (Å²) in [6.07, 6.45) is 1.26. The molecule has 1 heterocycles. The van der Waals surface area contributed by atoms with E-state index >= 15 is 0 Å². The standard InChI is InChI=1S/C14H22N2/c1-11(15)12-6-4-5-7-13(12)16-9-8-14(2,3)10-16/h4-7,11H,8-10,15H2,1-3H3. The first-order chi connectivity index (χ1) is 7.49. The van der Waals surface area contributed by atoms with Gasteiger partial charge in [-0.3, -0.25) is 0 Å². The maximum Gasteiger partial charge on any atom is 0.0414 e. The van der Waals surface area contributed by atoms with Gasteiger partial charge in [-0.05, 0) is 30.4 Å². The Morgan fingerprint density at radius 1 is 1.31 bits per heavy atom. The van der Waals surface area contributed by atoms with Crippen LogP contribution in [0.15, 0.2) is 24.3 Å². The Balaban J connectivity index is 2.28. The molecular formula is C14H22N2. The minimum atomic E-state index is 0.111. The van der Waals surface area contributed by atoms with Crippen LogP contribution in [0.2, 0.25) is 0 Å². The highest BCUT2D eigenvalue weighted by molar-refractivity contribution is 5.55. The van der Waals surface area contributed by atoms with Crippen LogP contribution in [-0.2, 0) is 0 Å². The lowest BCUT2D eigenvalue weighted by molar-refractivity contribution is 0.418. The summed E-state index contributed by atoms with van der Waals surface area (Å²) in [5.74, 6) is 0. The van der Waals surface area contributed by atoms with Crippen molar-refractivity contribution in [1.29, 1.82) is 0 Å². The lowest BCUT2D eigenvalue weighted by Crippen LogP contribution is -2.24. The van der Waals surface area contributed by atoms with Crippen molar-refractivity contribution in [1.82, 2.24) is 0 Å². The molecule has 1 saturated heterocycles. The average molecular weight is 218 g/mol. The fourth-order valence-electron chi connectivity index (χ4n) is 2.48. The highest BCUT2D eigenvalue weighted by Crippen LogP contribution is 2.35. The number of rotatable bonds is 2. The van der Waals surface area contributed by atoms with Gasteiger partial charge in [-0.1, -0.05) is 32.0 Å². The Bertz CT molecular complexity index is 369. The van der Waals surface area contributed by atoms with Crippen molar-refractivity contribution >= 4 is 5.69 Å². The molecule has 0 amide bonds. The molecule has 2 heteroatoms. The smallest absolute Gasteiger partial charge is 0.0414 e. The van der Waals surface area contributed by atoms with E-state index in [1.807, 2.05) is 0 Å². The van der Waals surface area contributed by atoms with Crippen LogP contribution in [0.3, 0.4) is 0 Å². The third kappa shape index (κ3) is 2.22. The number of nitrogens with two attached hydrogens (primary N) is 1. The van der Waals surface area contributed by atoms with Crippen molar-refractivity contribution < 1.29 is 0 Å². The molecule has 1 atom stereocenters. The van der Waals surface area contributed by atoms with Crippen molar-refractivity contribution in [3.8, 4) is 0 Å². The maximum absolute atomic E-state index is 6.02. The van der Waals surface area contributed by atoms with Gasteiger partial charge in [-0.2, -0.15) is 0 Å². The van der Waals surface area contributed by atoms with Crippen LogP contribution in [0, 0.1) is 5.41 Å². The molecule has 2 rings (SSSR count). The Kier molecular flexibility index (Phi) is 2.94. The fourth-order valence-corrected chi connectivity index (χ4v) is 2.48. The van der Waals surface area contributed by atoms with E-state index in [1.165, 1.54) is 17.7 Å². The van der Waals surface area contributed by atoms with Crippen LogP contribution >= 0.6 is 0 Å². The summed E-state index contributed by atoms with van der Waals surface area (Å²) >= 11 is 0. The largest absolute Gasteiger partial charge is 0.371 e. The maximum atomic E-state index is 6.02. The van der Waals surface area contributed by atoms with E-state index in [0.717, 1.165) is 13.1 Å². The van der Waals surface area contributed by atoms with Crippen LogP contribution < -0.4 is 10.6 Å². The molecule has 16 heavy (non-hydrogen) atoms. The number of hydrogen-bond donors (Lipinski definition) is 1. The van der Waals surface area contributed by atoms with Crippen molar-refractivity contribution in [3.63, 3.8) is 0 Å². The number of anilines is 1. The Morgan fingerprint density at radius 3 is 2.56 bits per heavy atom. The first-order valence-electron chi connectivity index (χ1n) is 6.09. The second-order valence-corrected chi connectivity index (χ2v) is 5.68. The zero-order chi connectivity index (χ0) is 11.8. The predicted octanol–water partition coefficient (Wildman–Crippen LogP) is 2.94. The van der Waals surface area contributed by atoms with E-state index in [4.69, 9.17) is 5.73 Å². The lowest BCUT2D eigenvalue weighted by Gasteiger charge is -2.25. The molecule has 2 N–H and O–H groups in total. The SMILES string of the molecule is CC(N)c1ccccc1N1CCC(C)(C)C1. The van der Waals surface area contributed by atoms with Crippen molar-refractivity contribution in [2.24, 2.45) is 11.1 Å². The molecule has 0 spiro atoms. The molecule has 0 saturated carbocycles. The van der Waals surface area contributed by atoms with Crippen LogP contribution in [0.5, 0.6) is 0 Å².